The van der Waals surface area contributed by atoms with Crippen LogP contribution >= 0.6 is 0 Å². The fraction of sp³-hybridized carbons (Fsp3) is 0.211. The van der Waals surface area contributed by atoms with Gasteiger partial charge in [0.05, 0.1) is 24.4 Å². The van der Waals surface area contributed by atoms with E-state index in [-0.39, 0.29) is 5.91 Å². The van der Waals surface area contributed by atoms with Crippen molar-refractivity contribution >= 4 is 17.4 Å². The molecule has 4 rings (SSSR count). The highest BCUT2D eigenvalue weighted by molar-refractivity contribution is 6.03. The number of imidazole rings is 1. The number of rotatable bonds is 4. The summed E-state index contributed by atoms with van der Waals surface area (Å²) in [5.74, 6) is 0.752. The Kier molecular flexibility index (Phi) is 4.16. The molecule has 1 fully saturated rings. The van der Waals surface area contributed by atoms with Gasteiger partial charge in [0, 0.05) is 18.8 Å². The summed E-state index contributed by atoms with van der Waals surface area (Å²) >= 11 is 0. The minimum absolute atomic E-state index is 0.211. The molecular weight excluding hydrogens is 314 g/mol. The molecule has 0 radical (unpaired) electrons. The molecule has 6 heteroatoms. The van der Waals surface area contributed by atoms with E-state index in [0.717, 1.165) is 24.6 Å². The van der Waals surface area contributed by atoms with Gasteiger partial charge in [0.2, 0.25) is 0 Å². The van der Waals surface area contributed by atoms with Crippen LogP contribution in [0.15, 0.2) is 61.2 Å². The number of nitrogens with zero attached hydrogens (tertiary/aromatic N) is 4. The van der Waals surface area contributed by atoms with Crippen molar-refractivity contribution in [3.63, 3.8) is 0 Å². The largest absolute Gasteiger partial charge is 0.357 e. The fourth-order valence-corrected chi connectivity index (χ4v) is 3.05. The van der Waals surface area contributed by atoms with Crippen LogP contribution in [0.1, 0.15) is 23.3 Å². The van der Waals surface area contributed by atoms with E-state index in [1.54, 1.807) is 23.3 Å². The summed E-state index contributed by atoms with van der Waals surface area (Å²) in [6, 6.07) is 13.5. The first-order chi connectivity index (χ1) is 12.3. The number of para-hydroxylation sites is 1. The first kappa shape index (κ1) is 15.4. The molecule has 1 aliphatic heterocycles. The van der Waals surface area contributed by atoms with Gasteiger partial charge in [-0.15, -0.1) is 0 Å². The maximum absolute atomic E-state index is 12.6. The number of nitrogens with one attached hydrogen (secondary N) is 1. The lowest BCUT2D eigenvalue weighted by molar-refractivity contribution is 0.102. The van der Waals surface area contributed by atoms with E-state index in [2.05, 4.69) is 20.2 Å². The third kappa shape index (κ3) is 3.24. The van der Waals surface area contributed by atoms with Gasteiger partial charge in [-0.05, 0) is 37.1 Å². The Balaban J connectivity index is 1.50. The Morgan fingerprint density at radius 2 is 1.80 bits per heavy atom. The summed E-state index contributed by atoms with van der Waals surface area (Å²) in [5, 5.41) is 2.89. The van der Waals surface area contributed by atoms with Crippen LogP contribution in [0.5, 0.6) is 0 Å². The first-order valence-corrected chi connectivity index (χ1v) is 8.41. The van der Waals surface area contributed by atoms with Crippen molar-refractivity contribution < 1.29 is 4.79 Å². The van der Waals surface area contributed by atoms with E-state index in [1.165, 1.54) is 12.8 Å². The molecule has 0 atom stereocenters. The predicted octanol–water partition coefficient (Wildman–Crippen LogP) is 3.12. The van der Waals surface area contributed by atoms with Gasteiger partial charge in [0.1, 0.15) is 11.5 Å². The zero-order valence-corrected chi connectivity index (χ0v) is 13.8. The number of aromatic nitrogens is 3. The average Bonchev–Trinajstić information content (AvgIpc) is 3.35. The number of carbonyl (C=O) groups excluding carboxylic acids is 1. The number of hydrogen-bond acceptors (Lipinski definition) is 4. The smallest absolute Gasteiger partial charge is 0.274 e. The lowest BCUT2D eigenvalue weighted by Gasteiger charge is -2.16. The third-order valence-electron chi connectivity index (χ3n) is 4.34. The molecule has 0 bridgehead atoms. The third-order valence-corrected chi connectivity index (χ3v) is 4.34. The van der Waals surface area contributed by atoms with Crippen molar-refractivity contribution in [2.75, 3.05) is 23.3 Å². The molecule has 3 aromatic rings. The highest BCUT2D eigenvalue weighted by Gasteiger charge is 2.15. The molecule has 1 N–H and O–H groups in total. The van der Waals surface area contributed by atoms with Gasteiger partial charge in [0.25, 0.3) is 5.91 Å². The summed E-state index contributed by atoms with van der Waals surface area (Å²) < 4.78 is 1.77. The van der Waals surface area contributed by atoms with Crippen LogP contribution in [-0.2, 0) is 0 Å². The average molecular weight is 333 g/mol. The van der Waals surface area contributed by atoms with E-state index < -0.39 is 0 Å². The fourth-order valence-electron chi connectivity index (χ4n) is 3.05. The molecule has 3 heterocycles. The Morgan fingerprint density at radius 1 is 1.00 bits per heavy atom. The van der Waals surface area contributed by atoms with Crippen LogP contribution in [0.25, 0.3) is 5.69 Å². The predicted molar refractivity (Wildman–Crippen MR) is 97.2 cm³/mol. The zero-order valence-electron chi connectivity index (χ0n) is 13.8. The molecule has 25 heavy (non-hydrogen) atoms. The molecule has 0 aliphatic carbocycles. The van der Waals surface area contributed by atoms with Gasteiger partial charge >= 0.3 is 0 Å². The first-order valence-electron chi connectivity index (χ1n) is 8.41. The van der Waals surface area contributed by atoms with Crippen LogP contribution in [0.4, 0.5) is 11.5 Å². The number of anilines is 2. The van der Waals surface area contributed by atoms with Gasteiger partial charge in [-0.1, -0.05) is 18.2 Å². The standard InChI is InChI=1S/C19H19N5O/c25-19(17-13-20-14-24(17)16-6-2-1-3-7-16)22-15-8-9-18(21-12-15)23-10-4-5-11-23/h1-3,6-9,12-14H,4-5,10-11H2,(H,22,25). The van der Waals surface area contributed by atoms with Gasteiger partial charge in [-0.25, -0.2) is 9.97 Å². The summed E-state index contributed by atoms with van der Waals surface area (Å²) in [5.41, 5.74) is 2.05. The normalized spacial score (nSPS) is 13.8. The van der Waals surface area contributed by atoms with E-state index in [0.29, 0.717) is 11.4 Å². The molecule has 1 aliphatic rings. The van der Waals surface area contributed by atoms with Gasteiger partial charge in [0.15, 0.2) is 0 Å². The summed E-state index contributed by atoms with van der Waals surface area (Å²) in [6.45, 7) is 2.10. The van der Waals surface area contributed by atoms with Crippen LogP contribution in [-0.4, -0.2) is 33.5 Å². The summed E-state index contributed by atoms with van der Waals surface area (Å²) in [7, 11) is 0. The molecule has 1 saturated heterocycles. The number of benzene rings is 1. The molecule has 126 valence electrons. The quantitative estimate of drug-likeness (QED) is 0.797. The number of carbonyl (C=O) groups is 1. The second-order valence-electron chi connectivity index (χ2n) is 6.04. The molecule has 0 saturated carbocycles. The SMILES string of the molecule is O=C(Nc1ccc(N2CCCC2)nc1)c1cncn1-c1ccccc1. The van der Waals surface area contributed by atoms with E-state index >= 15 is 0 Å². The maximum atomic E-state index is 12.6. The number of hydrogen-bond donors (Lipinski definition) is 1. The van der Waals surface area contributed by atoms with Crippen LogP contribution in [0.3, 0.4) is 0 Å². The van der Waals surface area contributed by atoms with E-state index in [1.807, 2.05) is 42.5 Å². The second kappa shape index (κ2) is 6.76. The molecule has 2 aromatic heterocycles. The summed E-state index contributed by atoms with van der Waals surface area (Å²) in [4.78, 5) is 23.4. The van der Waals surface area contributed by atoms with E-state index in [9.17, 15) is 4.79 Å². The van der Waals surface area contributed by atoms with Crippen molar-refractivity contribution in [2.45, 2.75) is 12.8 Å². The zero-order chi connectivity index (χ0) is 17.1. The highest BCUT2D eigenvalue weighted by atomic mass is 16.2. The van der Waals surface area contributed by atoms with Crippen molar-refractivity contribution in [1.29, 1.82) is 0 Å². The van der Waals surface area contributed by atoms with Crippen molar-refractivity contribution in [1.82, 2.24) is 14.5 Å². The van der Waals surface area contributed by atoms with E-state index in [4.69, 9.17) is 0 Å². The highest BCUT2D eigenvalue weighted by Crippen LogP contribution is 2.19. The van der Waals surface area contributed by atoms with Crippen molar-refractivity contribution in [3.8, 4) is 5.69 Å². The molecule has 1 aromatic carbocycles. The van der Waals surface area contributed by atoms with Gasteiger partial charge < -0.3 is 10.2 Å². The monoisotopic (exact) mass is 333 g/mol. The molecule has 1 amide bonds. The van der Waals surface area contributed by atoms with Gasteiger partial charge in [-0.2, -0.15) is 0 Å². The molecule has 0 spiro atoms. The number of pyridine rings is 1. The van der Waals surface area contributed by atoms with Crippen molar-refractivity contribution in [2.24, 2.45) is 0 Å². The van der Waals surface area contributed by atoms with Crippen LogP contribution in [0.2, 0.25) is 0 Å². The topological polar surface area (TPSA) is 63.1 Å². The Hall–Kier alpha value is -3.15. The Labute approximate surface area is 146 Å². The Morgan fingerprint density at radius 3 is 2.52 bits per heavy atom. The van der Waals surface area contributed by atoms with Gasteiger partial charge in [-0.3, -0.25) is 9.36 Å². The minimum atomic E-state index is -0.211. The summed E-state index contributed by atoms with van der Waals surface area (Å²) in [6.07, 6.45) is 7.33. The lowest BCUT2D eigenvalue weighted by atomic mass is 10.3. The molecular formula is C19H19N5O. The van der Waals surface area contributed by atoms with Crippen molar-refractivity contribution in [3.05, 3.63) is 66.9 Å². The minimum Gasteiger partial charge on any atom is -0.357 e. The number of amides is 1. The molecule has 6 nitrogen and oxygen atoms in total. The maximum Gasteiger partial charge on any atom is 0.274 e. The molecule has 0 unspecified atom stereocenters. The second-order valence-corrected chi connectivity index (χ2v) is 6.04. The van der Waals surface area contributed by atoms with Crippen LogP contribution < -0.4 is 10.2 Å². The lowest BCUT2D eigenvalue weighted by Crippen LogP contribution is -2.19. The Bertz CT molecular complexity index is 851. The van der Waals surface area contributed by atoms with Crippen LogP contribution in [0, 0.1) is 0 Å².